The van der Waals surface area contributed by atoms with Gasteiger partial charge in [0.2, 0.25) is 0 Å². The van der Waals surface area contributed by atoms with E-state index < -0.39 is 12.5 Å². The Morgan fingerprint density at radius 3 is 2.83 bits per heavy atom. The summed E-state index contributed by atoms with van der Waals surface area (Å²) >= 11 is 0. The second-order valence-electron chi connectivity index (χ2n) is 3.39. The molecular formula is C11H9F2N3O2. The maximum atomic E-state index is 12.4. The highest BCUT2D eigenvalue weighted by molar-refractivity contribution is 5.87. The average molecular weight is 253 g/mol. The van der Waals surface area contributed by atoms with Crippen molar-refractivity contribution in [2.75, 3.05) is 7.11 Å². The molecule has 0 amide bonds. The summed E-state index contributed by atoms with van der Waals surface area (Å²) in [7, 11) is 1.24. The quantitative estimate of drug-likeness (QED) is 0.786. The van der Waals surface area contributed by atoms with Crippen LogP contribution < -0.4 is 0 Å². The van der Waals surface area contributed by atoms with Crippen LogP contribution in [0.3, 0.4) is 0 Å². The first-order valence-electron chi connectivity index (χ1n) is 5.00. The molecule has 0 fully saturated rings. The highest BCUT2D eigenvalue weighted by Crippen LogP contribution is 2.19. The molecule has 2 aromatic heterocycles. The van der Waals surface area contributed by atoms with Gasteiger partial charge in [-0.15, -0.1) is 0 Å². The molecule has 2 heterocycles. The van der Waals surface area contributed by atoms with E-state index in [2.05, 4.69) is 14.8 Å². The number of pyridine rings is 1. The van der Waals surface area contributed by atoms with Crippen molar-refractivity contribution in [1.82, 2.24) is 14.8 Å². The predicted octanol–water partition coefficient (Wildman–Crippen LogP) is 2.13. The standard InChI is InChI=1S/C11H9F2N3O2/c1-18-10(17)9-4-2-3-8(15-9)7-5-14-16(6-7)11(12)13/h2-6,11H,1H3. The minimum Gasteiger partial charge on any atom is -0.464 e. The molecule has 7 heteroatoms. The van der Waals surface area contributed by atoms with Crippen LogP contribution in [0.5, 0.6) is 0 Å². The van der Waals surface area contributed by atoms with Gasteiger partial charge in [-0.3, -0.25) is 0 Å². The Balaban J connectivity index is 2.35. The van der Waals surface area contributed by atoms with Crippen LogP contribution in [0.2, 0.25) is 0 Å². The molecule has 0 atom stereocenters. The molecule has 2 rings (SSSR count). The highest BCUT2D eigenvalue weighted by Gasteiger charge is 2.12. The first kappa shape index (κ1) is 12.2. The van der Waals surface area contributed by atoms with E-state index in [1.807, 2.05) is 0 Å². The van der Waals surface area contributed by atoms with Gasteiger partial charge in [0.15, 0.2) is 0 Å². The lowest BCUT2D eigenvalue weighted by atomic mass is 10.2. The molecule has 0 saturated carbocycles. The maximum absolute atomic E-state index is 12.4. The second-order valence-corrected chi connectivity index (χ2v) is 3.39. The first-order chi connectivity index (χ1) is 8.61. The van der Waals surface area contributed by atoms with Gasteiger partial charge in [0.05, 0.1) is 19.0 Å². The third-order valence-corrected chi connectivity index (χ3v) is 2.24. The van der Waals surface area contributed by atoms with Crippen molar-refractivity contribution >= 4 is 5.97 Å². The van der Waals surface area contributed by atoms with Crippen LogP contribution in [0.1, 0.15) is 17.0 Å². The Kier molecular flexibility index (Phi) is 3.31. The van der Waals surface area contributed by atoms with Crippen LogP contribution in [0.25, 0.3) is 11.3 Å². The number of hydrogen-bond acceptors (Lipinski definition) is 4. The summed E-state index contributed by atoms with van der Waals surface area (Å²) in [5.41, 5.74) is 0.894. The van der Waals surface area contributed by atoms with E-state index in [1.54, 1.807) is 12.1 Å². The number of rotatable bonds is 3. The van der Waals surface area contributed by atoms with Gasteiger partial charge in [-0.1, -0.05) is 6.07 Å². The molecule has 0 unspecified atom stereocenters. The van der Waals surface area contributed by atoms with Gasteiger partial charge >= 0.3 is 12.5 Å². The molecule has 0 aromatic carbocycles. The summed E-state index contributed by atoms with van der Waals surface area (Å²) in [6.07, 6.45) is 2.42. The Labute approximate surface area is 101 Å². The molecule has 0 bridgehead atoms. The summed E-state index contributed by atoms with van der Waals surface area (Å²) in [5.74, 6) is -0.585. The van der Waals surface area contributed by atoms with Gasteiger partial charge in [-0.05, 0) is 12.1 Å². The van der Waals surface area contributed by atoms with E-state index in [9.17, 15) is 13.6 Å². The average Bonchev–Trinajstić information content (AvgIpc) is 2.88. The zero-order chi connectivity index (χ0) is 13.1. The van der Waals surface area contributed by atoms with Crippen molar-refractivity contribution in [3.63, 3.8) is 0 Å². The lowest BCUT2D eigenvalue weighted by Gasteiger charge is -2.01. The van der Waals surface area contributed by atoms with Crippen molar-refractivity contribution in [3.8, 4) is 11.3 Å². The highest BCUT2D eigenvalue weighted by atomic mass is 19.3. The van der Waals surface area contributed by atoms with E-state index in [1.165, 1.54) is 19.4 Å². The lowest BCUT2D eigenvalue weighted by Crippen LogP contribution is -2.04. The molecule has 5 nitrogen and oxygen atoms in total. The van der Waals surface area contributed by atoms with Crippen LogP contribution in [0.4, 0.5) is 8.78 Å². The van der Waals surface area contributed by atoms with Crippen LogP contribution in [0, 0.1) is 0 Å². The SMILES string of the molecule is COC(=O)c1cccc(-c2cnn(C(F)F)c2)n1. The number of aromatic nitrogens is 3. The number of methoxy groups -OCH3 is 1. The number of nitrogens with zero attached hydrogens (tertiary/aromatic N) is 3. The fourth-order valence-electron chi connectivity index (χ4n) is 1.39. The monoisotopic (exact) mass is 253 g/mol. The fourth-order valence-corrected chi connectivity index (χ4v) is 1.39. The number of carbonyl (C=O) groups excluding carboxylic acids is 1. The Morgan fingerprint density at radius 1 is 1.44 bits per heavy atom. The van der Waals surface area contributed by atoms with E-state index in [0.717, 1.165) is 6.20 Å². The third kappa shape index (κ3) is 2.34. The second kappa shape index (κ2) is 4.91. The number of hydrogen-bond donors (Lipinski definition) is 0. The number of ether oxygens (including phenoxy) is 1. The van der Waals surface area contributed by atoms with Crippen molar-refractivity contribution in [1.29, 1.82) is 0 Å². The molecule has 0 aliphatic heterocycles. The van der Waals surface area contributed by atoms with Crippen molar-refractivity contribution < 1.29 is 18.3 Å². The van der Waals surface area contributed by atoms with E-state index >= 15 is 0 Å². The maximum Gasteiger partial charge on any atom is 0.356 e. The third-order valence-electron chi connectivity index (χ3n) is 2.24. The number of alkyl halides is 2. The zero-order valence-corrected chi connectivity index (χ0v) is 9.38. The minimum absolute atomic E-state index is 0.111. The molecule has 18 heavy (non-hydrogen) atoms. The smallest absolute Gasteiger partial charge is 0.356 e. The van der Waals surface area contributed by atoms with Crippen molar-refractivity contribution in [3.05, 3.63) is 36.3 Å². The summed E-state index contributed by atoms with van der Waals surface area (Å²) in [6.45, 7) is -2.71. The molecule has 0 radical (unpaired) electrons. The van der Waals surface area contributed by atoms with Crippen molar-refractivity contribution in [2.24, 2.45) is 0 Å². The predicted molar refractivity (Wildman–Crippen MR) is 58.1 cm³/mol. The Hall–Kier alpha value is -2.31. The summed E-state index contributed by atoms with van der Waals surface area (Å²) in [6, 6.07) is 4.67. The molecule has 2 aromatic rings. The first-order valence-corrected chi connectivity index (χ1v) is 5.00. The number of esters is 1. The number of carbonyl (C=O) groups is 1. The van der Waals surface area contributed by atoms with Crippen LogP contribution in [0.15, 0.2) is 30.6 Å². The summed E-state index contributed by atoms with van der Waals surface area (Å²) in [5, 5.41) is 3.50. The van der Waals surface area contributed by atoms with Crippen LogP contribution in [-0.4, -0.2) is 27.8 Å². The number of halogens is 2. The molecular weight excluding hydrogens is 244 g/mol. The van der Waals surface area contributed by atoms with Gasteiger partial charge in [-0.2, -0.15) is 13.9 Å². The van der Waals surface area contributed by atoms with Gasteiger partial charge in [0.1, 0.15) is 5.69 Å². The normalized spacial score (nSPS) is 10.7. The molecule has 94 valence electrons. The van der Waals surface area contributed by atoms with E-state index in [4.69, 9.17) is 0 Å². The topological polar surface area (TPSA) is 57.0 Å². The van der Waals surface area contributed by atoms with Crippen LogP contribution in [-0.2, 0) is 4.74 Å². The van der Waals surface area contributed by atoms with Crippen molar-refractivity contribution in [2.45, 2.75) is 6.55 Å². The van der Waals surface area contributed by atoms with E-state index in [0.29, 0.717) is 15.9 Å². The minimum atomic E-state index is -2.71. The molecule has 0 aliphatic rings. The molecule has 0 aliphatic carbocycles. The molecule has 0 N–H and O–H groups in total. The fraction of sp³-hybridized carbons (Fsp3) is 0.182. The van der Waals surface area contributed by atoms with Crippen LogP contribution >= 0.6 is 0 Å². The van der Waals surface area contributed by atoms with Gasteiger partial charge in [-0.25, -0.2) is 14.5 Å². The van der Waals surface area contributed by atoms with Gasteiger partial charge in [0, 0.05) is 11.8 Å². The lowest BCUT2D eigenvalue weighted by molar-refractivity contribution is 0.0565. The van der Waals surface area contributed by atoms with Gasteiger partial charge < -0.3 is 4.74 Å². The summed E-state index contributed by atoms with van der Waals surface area (Å²) < 4.78 is 29.8. The summed E-state index contributed by atoms with van der Waals surface area (Å²) in [4.78, 5) is 15.3. The zero-order valence-electron chi connectivity index (χ0n) is 9.38. The Bertz CT molecular complexity index is 569. The largest absolute Gasteiger partial charge is 0.464 e. The Morgan fingerprint density at radius 2 is 2.22 bits per heavy atom. The molecule has 0 saturated heterocycles. The molecule has 0 spiro atoms. The van der Waals surface area contributed by atoms with Gasteiger partial charge in [0.25, 0.3) is 0 Å². The van der Waals surface area contributed by atoms with E-state index in [-0.39, 0.29) is 5.69 Å².